The summed E-state index contributed by atoms with van der Waals surface area (Å²) in [6, 6.07) is 23.0. The van der Waals surface area contributed by atoms with Crippen molar-refractivity contribution in [2.75, 3.05) is 18.1 Å². The van der Waals surface area contributed by atoms with Crippen molar-refractivity contribution in [3.8, 4) is 0 Å². The van der Waals surface area contributed by atoms with E-state index in [-0.39, 0.29) is 17.3 Å². The number of benzene rings is 3. The van der Waals surface area contributed by atoms with Gasteiger partial charge in [-0.25, -0.2) is 8.42 Å². The Morgan fingerprint density at radius 3 is 2.23 bits per heavy atom. The fourth-order valence-corrected chi connectivity index (χ4v) is 4.86. The summed E-state index contributed by atoms with van der Waals surface area (Å²) in [5, 5.41) is 2.95. The first kappa shape index (κ1) is 22.1. The van der Waals surface area contributed by atoms with E-state index in [4.69, 9.17) is 0 Å². The number of para-hydroxylation sites is 1. The highest BCUT2D eigenvalue weighted by atomic mass is 32.2. The van der Waals surface area contributed by atoms with Crippen LogP contribution in [0.2, 0.25) is 0 Å². The van der Waals surface area contributed by atoms with Gasteiger partial charge in [0.15, 0.2) is 0 Å². The molecule has 7 heteroatoms. The van der Waals surface area contributed by atoms with Gasteiger partial charge in [-0.05, 0) is 47.7 Å². The molecule has 1 amide bonds. The molecule has 0 heterocycles. The molecule has 3 rings (SSSR count). The van der Waals surface area contributed by atoms with Crippen molar-refractivity contribution >= 4 is 33.4 Å². The quantitative estimate of drug-likeness (QED) is 0.508. The molecule has 1 N–H and O–H groups in total. The van der Waals surface area contributed by atoms with Crippen LogP contribution in [0.25, 0.3) is 0 Å². The summed E-state index contributed by atoms with van der Waals surface area (Å²) in [6.07, 6.45) is 0. The lowest BCUT2D eigenvalue weighted by Crippen LogP contribution is -2.26. The maximum atomic E-state index is 12.7. The van der Waals surface area contributed by atoms with E-state index < -0.39 is 10.0 Å². The van der Waals surface area contributed by atoms with Gasteiger partial charge >= 0.3 is 0 Å². The van der Waals surface area contributed by atoms with Crippen LogP contribution < -0.4 is 5.32 Å². The first-order valence-electron chi connectivity index (χ1n) is 9.55. The summed E-state index contributed by atoms with van der Waals surface area (Å²) < 4.78 is 26.6. The fourth-order valence-electron chi connectivity index (χ4n) is 2.92. The molecule has 0 saturated carbocycles. The van der Waals surface area contributed by atoms with Crippen molar-refractivity contribution in [1.82, 2.24) is 4.31 Å². The smallest absolute Gasteiger partial charge is 0.255 e. The largest absolute Gasteiger partial charge is 0.321 e. The van der Waals surface area contributed by atoms with E-state index in [2.05, 4.69) is 12.2 Å². The molecule has 0 radical (unpaired) electrons. The average Bonchev–Trinajstić information content (AvgIpc) is 2.76. The second-order valence-corrected chi connectivity index (χ2v) is 10.0. The Morgan fingerprint density at radius 1 is 0.933 bits per heavy atom. The zero-order valence-electron chi connectivity index (χ0n) is 16.9. The minimum absolute atomic E-state index is 0.198. The van der Waals surface area contributed by atoms with Crippen LogP contribution in [0.5, 0.6) is 0 Å². The Bertz CT molecular complexity index is 1100. The maximum absolute atomic E-state index is 12.7. The molecule has 0 aliphatic rings. The number of hydrogen-bond acceptors (Lipinski definition) is 4. The van der Waals surface area contributed by atoms with E-state index >= 15 is 0 Å². The molecule has 0 aliphatic heterocycles. The van der Waals surface area contributed by atoms with Crippen molar-refractivity contribution in [3.05, 3.63) is 90.0 Å². The van der Waals surface area contributed by atoms with Crippen LogP contribution in [0.15, 0.2) is 88.7 Å². The Kier molecular flexibility index (Phi) is 7.31. The van der Waals surface area contributed by atoms with Gasteiger partial charge in [-0.2, -0.15) is 4.31 Å². The van der Waals surface area contributed by atoms with Crippen molar-refractivity contribution in [1.29, 1.82) is 0 Å². The van der Waals surface area contributed by atoms with Gasteiger partial charge in [-0.1, -0.05) is 49.4 Å². The third-order valence-corrected chi connectivity index (χ3v) is 7.28. The molecule has 0 aliphatic carbocycles. The number of hydrogen-bond donors (Lipinski definition) is 1. The zero-order valence-corrected chi connectivity index (χ0v) is 18.5. The van der Waals surface area contributed by atoms with Crippen molar-refractivity contribution in [2.45, 2.75) is 23.3 Å². The predicted molar refractivity (Wildman–Crippen MR) is 122 cm³/mol. The minimum atomic E-state index is -3.56. The summed E-state index contributed by atoms with van der Waals surface area (Å²) in [5.74, 6) is 0.719. The maximum Gasteiger partial charge on any atom is 0.255 e. The van der Waals surface area contributed by atoms with E-state index in [1.165, 1.54) is 4.31 Å². The van der Waals surface area contributed by atoms with Gasteiger partial charge in [0.25, 0.3) is 5.91 Å². The number of rotatable bonds is 8. The molecule has 30 heavy (non-hydrogen) atoms. The Hall–Kier alpha value is -2.61. The molecule has 0 fully saturated rings. The van der Waals surface area contributed by atoms with Crippen molar-refractivity contribution in [3.63, 3.8) is 0 Å². The molecule has 0 saturated heterocycles. The second-order valence-electron chi connectivity index (χ2n) is 6.65. The van der Waals surface area contributed by atoms with E-state index in [1.807, 2.05) is 24.3 Å². The first-order chi connectivity index (χ1) is 14.4. The third-order valence-electron chi connectivity index (χ3n) is 4.51. The summed E-state index contributed by atoms with van der Waals surface area (Å²) in [4.78, 5) is 13.9. The van der Waals surface area contributed by atoms with Gasteiger partial charge < -0.3 is 5.32 Å². The molecule has 0 aromatic heterocycles. The van der Waals surface area contributed by atoms with Gasteiger partial charge in [0, 0.05) is 24.1 Å². The lowest BCUT2D eigenvalue weighted by Gasteiger charge is -2.17. The number of carbonyl (C=O) groups excluding carboxylic acids is 1. The average molecular weight is 441 g/mol. The van der Waals surface area contributed by atoms with E-state index in [9.17, 15) is 13.2 Å². The van der Waals surface area contributed by atoms with Crippen molar-refractivity contribution < 1.29 is 13.2 Å². The number of anilines is 1. The highest BCUT2D eigenvalue weighted by Crippen LogP contribution is 2.27. The SMILES string of the molecule is CCSc1ccccc1NC(=O)c1ccc(CN(C)S(=O)(=O)c2ccccc2)cc1. The molecule has 3 aromatic carbocycles. The Morgan fingerprint density at radius 2 is 1.57 bits per heavy atom. The zero-order chi connectivity index (χ0) is 21.6. The van der Waals surface area contributed by atoms with Crippen LogP contribution in [0, 0.1) is 0 Å². The van der Waals surface area contributed by atoms with Gasteiger partial charge in [0.2, 0.25) is 10.0 Å². The van der Waals surface area contributed by atoms with Crippen LogP contribution >= 0.6 is 11.8 Å². The van der Waals surface area contributed by atoms with Gasteiger partial charge in [-0.15, -0.1) is 11.8 Å². The molecule has 5 nitrogen and oxygen atoms in total. The number of nitrogens with one attached hydrogen (secondary N) is 1. The molecular weight excluding hydrogens is 416 g/mol. The van der Waals surface area contributed by atoms with Crippen molar-refractivity contribution in [2.24, 2.45) is 0 Å². The number of sulfonamides is 1. The summed E-state index contributed by atoms with van der Waals surface area (Å²) in [5.41, 5.74) is 2.10. The molecule has 0 bridgehead atoms. The second kappa shape index (κ2) is 9.93. The summed E-state index contributed by atoms with van der Waals surface area (Å²) >= 11 is 1.67. The molecule has 0 spiro atoms. The van der Waals surface area contributed by atoms with Crippen LogP contribution in [-0.2, 0) is 16.6 Å². The van der Waals surface area contributed by atoms with Crippen LogP contribution in [0.1, 0.15) is 22.8 Å². The lowest BCUT2D eigenvalue weighted by molar-refractivity contribution is 0.102. The topological polar surface area (TPSA) is 66.5 Å². The molecule has 3 aromatic rings. The molecular formula is C23H24N2O3S2. The first-order valence-corrected chi connectivity index (χ1v) is 12.0. The molecule has 0 unspecified atom stereocenters. The number of carbonyl (C=O) groups is 1. The highest BCUT2D eigenvalue weighted by molar-refractivity contribution is 7.99. The minimum Gasteiger partial charge on any atom is -0.321 e. The summed E-state index contributed by atoms with van der Waals surface area (Å²) in [7, 11) is -2.02. The Labute approximate surface area is 182 Å². The number of thioether (sulfide) groups is 1. The van der Waals surface area contributed by atoms with E-state index in [0.717, 1.165) is 21.9 Å². The van der Waals surface area contributed by atoms with Gasteiger partial charge in [0.05, 0.1) is 10.6 Å². The normalized spacial score (nSPS) is 11.4. The standard InChI is InChI=1S/C23H24N2O3S2/c1-3-29-22-12-8-7-11-21(22)24-23(26)19-15-13-18(14-16-19)17-25(2)30(27,28)20-9-5-4-6-10-20/h4-16H,3,17H2,1-2H3,(H,24,26). The van der Waals surface area contributed by atoms with Crippen LogP contribution in [-0.4, -0.2) is 31.4 Å². The van der Waals surface area contributed by atoms with E-state index in [0.29, 0.717) is 5.56 Å². The summed E-state index contributed by atoms with van der Waals surface area (Å²) in [6.45, 7) is 2.28. The van der Waals surface area contributed by atoms with Gasteiger partial charge in [-0.3, -0.25) is 4.79 Å². The predicted octanol–water partition coefficient (Wildman–Crippen LogP) is 4.87. The Balaban J connectivity index is 1.68. The van der Waals surface area contributed by atoms with Gasteiger partial charge in [0.1, 0.15) is 0 Å². The van der Waals surface area contributed by atoms with Crippen LogP contribution in [0.4, 0.5) is 5.69 Å². The molecule has 156 valence electrons. The lowest BCUT2D eigenvalue weighted by atomic mass is 10.1. The third kappa shape index (κ3) is 5.30. The molecule has 0 atom stereocenters. The monoisotopic (exact) mass is 440 g/mol. The van der Waals surface area contributed by atoms with Crippen LogP contribution in [0.3, 0.4) is 0 Å². The van der Waals surface area contributed by atoms with E-state index in [1.54, 1.807) is 73.4 Å². The fraction of sp³-hybridized carbons (Fsp3) is 0.174. The highest BCUT2D eigenvalue weighted by Gasteiger charge is 2.20. The number of amides is 1. The number of nitrogens with zero attached hydrogens (tertiary/aromatic N) is 1.